The Balaban J connectivity index is 2.18. The molecule has 0 amide bonds. The van der Waals surface area contributed by atoms with Crippen molar-refractivity contribution in [2.75, 3.05) is 18.6 Å². The Labute approximate surface area is 119 Å². The van der Waals surface area contributed by atoms with E-state index in [1.54, 1.807) is 14.0 Å². The lowest BCUT2D eigenvalue weighted by atomic mass is 10.1. The second-order valence-electron chi connectivity index (χ2n) is 4.93. The highest BCUT2D eigenvalue weighted by Gasteiger charge is 2.20. The summed E-state index contributed by atoms with van der Waals surface area (Å²) in [7, 11) is 1.66. The van der Waals surface area contributed by atoms with E-state index in [1.165, 1.54) is 0 Å². The highest BCUT2D eigenvalue weighted by Crippen LogP contribution is 2.34. The zero-order valence-corrected chi connectivity index (χ0v) is 12.4. The standard InChI is InChI=1S/C15H22O3S/c1-11(16)10-12-4-3-5-14(17-2)15(12)18-13-6-8-19-9-7-13/h3-5,11,13,16H,6-10H2,1-2H3. The SMILES string of the molecule is COc1cccc(CC(C)O)c1OC1CCSCC1. The summed E-state index contributed by atoms with van der Waals surface area (Å²) in [5.41, 5.74) is 1.02. The van der Waals surface area contributed by atoms with Gasteiger partial charge in [-0.05, 0) is 37.3 Å². The molecule has 0 aromatic heterocycles. The third kappa shape index (κ3) is 4.05. The fourth-order valence-corrected chi connectivity index (χ4v) is 3.36. The first-order valence-corrected chi connectivity index (χ1v) is 7.94. The lowest BCUT2D eigenvalue weighted by Crippen LogP contribution is -2.23. The fraction of sp³-hybridized carbons (Fsp3) is 0.600. The number of methoxy groups -OCH3 is 1. The summed E-state index contributed by atoms with van der Waals surface area (Å²) in [5, 5.41) is 9.60. The molecule has 1 aromatic carbocycles. The first kappa shape index (κ1) is 14.5. The zero-order chi connectivity index (χ0) is 13.7. The maximum atomic E-state index is 9.60. The molecule has 0 radical (unpaired) electrons. The van der Waals surface area contributed by atoms with Crippen LogP contribution in [0.25, 0.3) is 0 Å². The van der Waals surface area contributed by atoms with Crippen molar-refractivity contribution in [3.8, 4) is 11.5 Å². The van der Waals surface area contributed by atoms with E-state index in [4.69, 9.17) is 9.47 Å². The van der Waals surface area contributed by atoms with Gasteiger partial charge in [-0.3, -0.25) is 0 Å². The van der Waals surface area contributed by atoms with E-state index in [9.17, 15) is 5.11 Å². The van der Waals surface area contributed by atoms with Gasteiger partial charge in [0.2, 0.25) is 0 Å². The van der Waals surface area contributed by atoms with Crippen molar-refractivity contribution in [3.63, 3.8) is 0 Å². The Morgan fingerprint density at radius 1 is 1.37 bits per heavy atom. The number of thioether (sulfide) groups is 1. The van der Waals surface area contributed by atoms with E-state index >= 15 is 0 Å². The van der Waals surface area contributed by atoms with Crippen molar-refractivity contribution in [3.05, 3.63) is 23.8 Å². The highest BCUT2D eigenvalue weighted by atomic mass is 32.2. The first-order chi connectivity index (χ1) is 9.20. The minimum atomic E-state index is -0.378. The van der Waals surface area contributed by atoms with Gasteiger partial charge in [-0.1, -0.05) is 12.1 Å². The van der Waals surface area contributed by atoms with Crippen molar-refractivity contribution >= 4 is 11.8 Å². The third-order valence-electron chi connectivity index (χ3n) is 3.25. The Kier molecular flexibility index (Phi) is 5.40. The molecule has 1 aliphatic rings. The number of aliphatic hydroxyl groups is 1. The van der Waals surface area contributed by atoms with E-state index in [0.717, 1.165) is 41.4 Å². The maximum Gasteiger partial charge on any atom is 0.164 e. The molecule has 4 heteroatoms. The van der Waals surface area contributed by atoms with Crippen LogP contribution in [-0.4, -0.2) is 35.9 Å². The molecule has 1 N–H and O–H groups in total. The molecular weight excluding hydrogens is 260 g/mol. The summed E-state index contributed by atoms with van der Waals surface area (Å²) >= 11 is 1.98. The Bertz CT molecular complexity index is 400. The second-order valence-corrected chi connectivity index (χ2v) is 6.16. The average Bonchev–Trinajstić information content (AvgIpc) is 2.41. The van der Waals surface area contributed by atoms with Crippen LogP contribution in [0.4, 0.5) is 0 Å². The van der Waals surface area contributed by atoms with Crippen LogP contribution in [0, 0.1) is 0 Å². The van der Waals surface area contributed by atoms with Crippen LogP contribution in [0.3, 0.4) is 0 Å². The Hall–Kier alpha value is -0.870. The molecule has 1 aliphatic heterocycles. The summed E-state index contributed by atoms with van der Waals surface area (Å²) in [6.07, 6.45) is 2.64. The molecular formula is C15H22O3S. The van der Waals surface area contributed by atoms with Crippen LogP contribution >= 0.6 is 11.8 Å². The van der Waals surface area contributed by atoms with Crippen molar-refractivity contribution in [1.82, 2.24) is 0 Å². The van der Waals surface area contributed by atoms with Gasteiger partial charge in [0.05, 0.1) is 13.2 Å². The number of hydrogen-bond donors (Lipinski definition) is 1. The summed E-state index contributed by atoms with van der Waals surface area (Å²) in [6, 6.07) is 5.86. The predicted molar refractivity (Wildman–Crippen MR) is 79.4 cm³/mol. The summed E-state index contributed by atoms with van der Waals surface area (Å²) < 4.78 is 11.6. The van der Waals surface area contributed by atoms with Crippen LogP contribution in [0.1, 0.15) is 25.3 Å². The number of aliphatic hydroxyl groups excluding tert-OH is 1. The average molecular weight is 282 g/mol. The molecule has 1 heterocycles. The van der Waals surface area contributed by atoms with Gasteiger partial charge in [-0.2, -0.15) is 11.8 Å². The minimum absolute atomic E-state index is 0.269. The van der Waals surface area contributed by atoms with Gasteiger partial charge in [-0.25, -0.2) is 0 Å². The molecule has 0 aliphatic carbocycles. The van der Waals surface area contributed by atoms with E-state index < -0.39 is 0 Å². The van der Waals surface area contributed by atoms with E-state index in [-0.39, 0.29) is 12.2 Å². The number of hydrogen-bond acceptors (Lipinski definition) is 4. The lowest BCUT2D eigenvalue weighted by Gasteiger charge is -2.25. The molecule has 2 rings (SSSR count). The topological polar surface area (TPSA) is 38.7 Å². The normalized spacial score (nSPS) is 18.1. The van der Waals surface area contributed by atoms with Gasteiger partial charge in [0, 0.05) is 12.0 Å². The van der Waals surface area contributed by atoms with E-state index in [2.05, 4.69) is 0 Å². The van der Waals surface area contributed by atoms with Crippen LogP contribution in [0.15, 0.2) is 18.2 Å². The molecule has 0 spiro atoms. The highest BCUT2D eigenvalue weighted by molar-refractivity contribution is 7.99. The van der Waals surface area contributed by atoms with E-state index in [1.807, 2.05) is 30.0 Å². The van der Waals surface area contributed by atoms with Crippen LogP contribution in [0.2, 0.25) is 0 Å². The van der Waals surface area contributed by atoms with Crippen molar-refractivity contribution in [2.45, 2.75) is 38.4 Å². The molecule has 1 fully saturated rings. The molecule has 0 bridgehead atoms. The van der Waals surface area contributed by atoms with Gasteiger partial charge in [-0.15, -0.1) is 0 Å². The van der Waals surface area contributed by atoms with Gasteiger partial charge in [0.15, 0.2) is 11.5 Å². The van der Waals surface area contributed by atoms with Gasteiger partial charge in [0.1, 0.15) is 6.10 Å². The molecule has 0 saturated carbocycles. The third-order valence-corrected chi connectivity index (χ3v) is 4.30. The largest absolute Gasteiger partial charge is 0.493 e. The fourth-order valence-electron chi connectivity index (χ4n) is 2.30. The molecule has 106 valence electrons. The number of rotatable bonds is 5. The quantitative estimate of drug-likeness (QED) is 0.901. The van der Waals surface area contributed by atoms with Gasteiger partial charge >= 0.3 is 0 Å². The predicted octanol–water partition coefficient (Wildman–Crippen LogP) is 2.89. The van der Waals surface area contributed by atoms with Gasteiger partial charge in [0.25, 0.3) is 0 Å². The second kappa shape index (κ2) is 7.06. The minimum Gasteiger partial charge on any atom is -0.493 e. The summed E-state index contributed by atoms with van der Waals surface area (Å²) in [5.74, 6) is 3.89. The molecule has 1 aromatic rings. The van der Waals surface area contributed by atoms with Gasteiger partial charge < -0.3 is 14.6 Å². The maximum absolute atomic E-state index is 9.60. The zero-order valence-electron chi connectivity index (χ0n) is 11.6. The Morgan fingerprint density at radius 3 is 2.74 bits per heavy atom. The Morgan fingerprint density at radius 2 is 2.11 bits per heavy atom. The molecule has 1 unspecified atom stereocenters. The molecule has 1 atom stereocenters. The molecule has 19 heavy (non-hydrogen) atoms. The first-order valence-electron chi connectivity index (χ1n) is 6.79. The summed E-state index contributed by atoms with van der Waals surface area (Å²) in [6.45, 7) is 1.79. The van der Waals surface area contributed by atoms with E-state index in [0.29, 0.717) is 6.42 Å². The van der Waals surface area contributed by atoms with Crippen LogP contribution in [-0.2, 0) is 6.42 Å². The number of benzene rings is 1. The molecule has 1 saturated heterocycles. The number of para-hydroxylation sites is 1. The van der Waals surface area contributed by atoms with Crippen molar-refractivity contribution in [1.29, 1.82) is 0 Å². The monoisotopic (exact) mass is 282 g/mol. The lowest BCUT2D eigenvalue weighted by molar-refractivity contribution is 0.172. The molecule has 3 nitrogen and oxygen atoms in total. The van der Waals surface area contributed by atoms with Crippen molar-refractivity contribution < 1.29 is 14.6 Å². The smallest absolute Gasteiger partial charge is 0.164 e. The van der Waals surface area contributed by atoms with Crippen LogP contribution < -0.4 is 9.47 Å². The summed E-state index contributed by atoms with van der Waals surface area (Å²) in [4.78, 5) is 0. The number of ether oxygens (including phenoxy) is 2. The van der Waals surface area contributed by atoms with Crippen molar-refractivity contribution in [2.24, 2.45) is 0 Å². The van der Waals surface area contributed by atoms with Crippen LogP contribution in [0.5, 0.6) is 11.5 Å².